The zero-order valence-corrected chi connectivity index (χ0v) is 30.1. The monoisotopic (exact) mass is 792 g/mol. The lowest BCUT2D eigenvalue weighted by molar-refractivity contribution is -0.139. The number of carbonyl (C=O) groups is 1. The van der Waals surface area contributed by atoms with E-state index in [2.05, 4.69) is 22.6 Å². The van der Waals surface area contributed by atoms with Crippen LogP contribution >= 0.6 is 57.1 Å². The summed E-state index contributed by atoms with van der Waals surface area (Å²) in [5.74, 6) is 1.02. The van der Waals surface area contributed by atoms with Gasteiger partial charge in [0.15, 0.2) is 16.3 Å². The number of carbonyl (C=O) groups excluding carboxylic acids is 1. The van der Waals surface area contributed by atoms with Gasteiger partial charge in [-0.25, -0.2) is 9.79 Å². The van der Waals surface area contributed by atoms with Gasteiger partial charge in [0.25, 0.3) is 5.56 Å². The standard InChI is InChI=1S/C34H31Cl2IN2O6S/c1-5-9-25-29(33(41)44-6-2)30(22-17-21(35)12-13-26(22)42-3)39-32(40)28(46-34(39)38-25)16-19-14-24(37)31(27(15-19)43-4)45-18-20-10-7-8-11-23(20)36/h7-8,10-17,30H,5-6,9,18H2,1-4H3/b28-16+/t30-/m1/s1. The second-order valence-corrected chi connectivity index (χ2v) is 13.2. The molecule has 12 heteroatoms. The summed E-state index contributed by atoms with van der Waals surface area (Å²) in [6.45, 7) is 4.18. The summed E-state index contributed by atoms with van der Waals surface area (Å²) in [5, 5.41) is 1.05. The van der Waals surface area contributed by atoms with Gasteiger partial charge in [-0.2, -0.15) is 0 Å². The lowest BCUT2D eigenvalue weighted by Crippen LogP contribution is -2.40. The van der Waals surface area contributed by atoms with E-state index in [1.54, 1.807) is 38.3 Å². The number of methoxy groups -OCH3 is 2. The fraction of sp³-hybridized carbons (Fsp3) is 0.265. The highest BCUT2D eigenvalue weighted by molar-refractivity contribution is 14.1. The molecule has 0 aliphatic carbocycles. The van der Waals surface area contributed by atoms with Crippen LogP contribution in [0.15, 0.2) is 75.7 Å². The van der Waals surface area contributed by atoms with Crippen LogP contribution in [-0.2, 0) is 16.1 Å². The van der Waals surface area contributed by atoms with Gasteiger partial charge >= 0.3 is 5.97 Å². The Labute approximate surface area is 294 Å². The molecule has 2 heterocycles. The number of esters is 1. The third kappa shape index (κ3) is 7.00. The number of nitrogens with zero attached hydrogens (tertiary/aromatic N) is 2. The highest BCUT2D eigenvalue weighted by atomic mass is 127. The first-order valence-corrected chi connectivity index (χ1v) is 17.1. The van der Waals surface area contributed by atoms with Crippen LogP contribution in [0.2, 0.25) is 10.0 Å². The Hall–Kier alpha value is -3.32. The van der Waals surface area contributed by atoms with Crippen LogP contribution in [0.1, 0.15) is 49.4 Å². The van der Waals surface area contributed by atoms with Gasteiger partial charge in [-0.15, -0.1) is 0 Å². The Bertz CT molecular complexity index is 2010. The highest BCUT2D eigenvalue weighted by Crippen LogP contribution is 2.39. The van der Waals surface area contributed by atoms with E-state index in [1.807, 2.05) is 43.3 Å². The average molecular weight is 794 g/mol. The predicted octanol–water partition coefficient (Wildman–Crippen LogP) is 7.09. The molecule has 0 fully saturated rings. The lowest BCUT2D eigenvalue weighted by atomic mass is 9.93. The zero-order valence-electron chi connectivity index (χ0n) is 25.6. The van der Waals surface area contributed by atoms with Crippen LogP contribution < -0.4 is 29.1 Å². The number of ether oxygens (including phenoxy) is 4. The van der Waals surface area contributed by atoms with Crippen LogP contribution in [0.3, 0.4) is 0 Å². The van der Waals surface area contributed by atoms with Gasteiger partial charge in [0.2, 0.25) is 0 Å². The number of aromatic nitrogens is 1. The molecule has 0 N–H and O–H groups in total. The topological polar surface area (TPSA) is 88.4 Å². The van der Waals surface area contributed by atoms with Crippen molar-refractivity contribution in [2.45, 2.75) is 39.3 Å². The molecule has 240 valence electrons. The van der Waals surface area contributed by atoms with Crippen molar-refractivity contribution in [3.05, 3.63) is 116 Å². The molecule has 1 atom stereocenters. The minimum atomic E-state index is -0.858. The molecule has 4 aromatic rings. The molecule has 0 bridgehead atoms. The van der Waals surface area contributed by atoms with Crippen LogP contribution in [0.25, 0.3) is 6.08 Å². The summed E-state index contributed by atoms with van der Waals surface area (Å²) in [4.78, 5) is 33.0. The van der Waals surface area contributed by atoms with Gasteiger partial charge in [0, 0.05) is 21.2 Å². The van der Waals surface area contributed by atoms with E-state index >= 15 is 0 Å². The summed E-state index contributed by atoms with van der Waals surface area (Å²) < 4.78 is 25.7. The van der Waals surface area contributed by atoms with E-state index < -0.39 is 12.0 Å². The molecule has 0 saturated heterocycles. The van der Waals surface area contributed by atoms with Crippen molar-refractivity contribution in [3.63, 3.8) is 0 Å². The summed E-state index contributed by atoms with van der Waals surface area (Å²) in [6.07, 6.45) is 3.04. The Balaban J connectivity index is 1.65. The molecule has 0 radical (unpaired) electrons. The molecule has 3 aromatic carbocycles. The third-order valence-corrected chi connectivity index (χ3v) is 9.65. The minimum Gasteiger partial charge on any atom is -0.496 e. The second kappa shape index (κ2) is 15.1. The van der Waals surface area contributed by atoms with Gasteiger partial charge < -0.3 is 18.9 Å². The van der Waals surface area contributed by atoms with Crippen molar-refractivity contribution in [2.24, 2.45) is 4.99 Å². The van der Waals surface area contributed by atoms with Gasteiger partial charge in [0.1, 0.15) is 18.4 Å². The Morgan fingerprint density at radius 1 is 1.07 bits per heavy atom. The van der Waals surface area contributed by atoms with Crippen molar-refractivity contribution in [1.29, 1.82) is 0 Å². The number of allylic oxidation sites excluding steroid dienone is 1. The van der Waals surface area contributed by atoms with E-state index in [1.165, 1.54) is 23.0 Å². The Kier molecular flexibility index (Phi) is 11.1. The summed E-state index contributed by atoms with van der Waals surface area (Å²) in [7, 11) is 3.10. The van der Waals surface area contributed by atoms with Crippen molar-refractivity contribution in [3.8, 4) is 17.2 Å². The first-order valence-electron chi connectivity index (χ1n) is 14.5. The molecule has 1 aromatic heterocycles. The number of halogens is 3. The number of thiazole rings is 1. The van der Waals surface area contributed by atoms with Crippen molar-refractivity contribution >= 4 is 69.2 Å². The van der Waals surface area contributed by atoms with Crippen LogP contribution in [0.4, 0.5) is 0 Å². The molecule has 5 rings (SSSR count). The molecule has 0 spiro atoms. The average Bonchev–Trinajstić information content (AvgIpc) is 3.34. The van der Waals surface area contributed by atoms with Crippen molar-refractivity contribution < 1.29 is 23.7 Å². The number of rotatable bonds is 11. The number of hydrogen-bond donors (Lipinski definition) is 0. The maximum absolute atomic E-state index is 14.2. The minimum absolute atomic E-state index is 0.171. The first kappa shape index (κ1) is 34.0. The fourth-order valence-electron chi connectivity index (χ4n) is 5.21. The molecule has 46 heavy (non-hydrogen) atoms. The van der Waals surface area contributed by atoms with E-state index in [4.69, 9.17) is 47.1 Å². The lowest BCUT2D eigenvalue weighted by Gasteiger charge is -2.27. The maximum atomic E-state index is 14.2. The van der Waals surface area contributed by atoms with Gasteiger partial charge in [0.05, 0.1) is 40.2 Å². The molecule has 0 saturated carbocycles. The molecule has 8 nitrogen and oxygen atoms in total. The van der Waals surface area contributed by atoms with Crippen molar-refractivity contribution in [1.82, 2.24) is 4.57 Å². The SMILES string of the molecule is CCCC1=C(C(=O)OCC)[C@@H](c2cc(Cl)ccc2OC)n2c(s/c(=C/c3cc(I)c(OCc4ccccc4Cl)c(OC)c3)c2=O)=N1. The number of benzene rings is 3. The number of fused-ring (bicyclic) bond motifs is 1. The number of hydrogen-bond acceptors (Lipinski definition) is 8. The zero-order chi connectivity index (χ0) is 33.0. The quantitative estimate of drug-likeness (QED) is 0.119. The van der Waals surface area contributed by atoms with E-state index in [-0.39, 0.29) is 18.8 Å². The molecule has 1 aliphatic rings. The molecule has 0 unspecified atom stereocenters. The Morgan fingerprint density at radius 2 is 1.83 bits per heavy atom. The highest BCUT2D eigenvalue weighted by Gasteiger charge is 2.36. The molecule has 1 aliphatic heterocycles. The largest absolute Gasteiger partial charge is 0.496 e. The summed E-state index contributed by atoms with van der Waals surface area (Å²) in [5.41, 5.74) is 2.68. The van der Waals surface area contributed by atoms with Crippen LogP contribution in [-0.4, -0.2) is 31.4 Å². The van der Waals surface area contributed by atoms with Gasteiger partial charge in [-0.3, -0.25) is 9.36 Å². The van der Waals surface area contributed by atoms with Crippen LogP contribution in [0.5, 0.6) is 17.2 Å². The fourth-order valence-corrected chi connectivity index (χ4v) is 7.39. The predicted molar refractivity (Wildman–Crippen MR) is 189 cm³/mol. The van der Waals surface area contributed by atoms with E-state index in [9.17, 15) is 9.59 Å². The van der Waals surface area contributed by atoms with Crippen LogP contribution in [0, 0.1) is 3.57 Å². The van der Waals surface area contributed by atoms with Gasteiger partial charge in [-0.1, -0.05) is 66.1 Å². The van der Waals surface area contributed by atoms with E-state index in [0.29, 0.717) is 59.9 Å². The Morgan fingerprint density at radius 3 is 2.52 bits per heavy atom. The maximum Gasteiger partial charge on any atom is 0.338 e. The van der Waals surface area contributed by atoms with E-state index in [0.717, 1.165) is 21.1 Å². The molecular weight excluding hydrogens is 762 g/mol. The first-order chi connectivity index (χ1) is 22.2. The third-order valence-electron chi connectivity index (χ3n) is 7.26. The normalized spacial score (nSPS) is 14.5. The molecule has 0 amide bonds. The smallest absolute Gasteiger partial charge is 0.338 e. The van der Waals surface area contributed by atoms with Crippen molar-refractivity contribution in [2.75, 3.05) is 20.8 Å². The summed E-state index contributed by atoms with van der Waals surface area (Å²) >= 11 is 16.2. The summed E-state index contributed by atoms with van der Waals surface area (Å²) in [6, 6.07) is 15.5. The van der Waals surface area contributed by atoms with Gasteiger partial charge in [-0.05, 0) is 84.0 Å². The second-order valence-electron chi connectivity index (χ2n) is 10.2. The molecular formula is C34H31Cl2IN2O6S.